The number of piperidine rings is 1. The minimum Gasteiger partial charge on any atom is -0.379 e. The van der Waals surface area contributed by atoms with E-state index in [1.807, 2.05) is 20.0 Å². The fourth-order valence-electron chi connectivity index (χ4n) is 6.40. The molecule has 0 amide bonds. The van der Waals surface area contributed by atoms with Gasteiger partial charge in [0.25, 0.3) is 6.67 Å². The van der Waals surface area contributed by atoms with Crippen LogP contribution in [0.5, 0.6) is 0 Å². The zero-order valence-electron chi connectivity index (χ0n) is 24.6. The fourth-order valence-corrected chi connectivity index (χ4v) is 6.40. The zero-order valence-corrected chi connectivity index (χ0v) is 27.5. The summed E-state index contributed by atoms with van der Waals surface area (Å²) in [5.74, 6) is -1.30. The normalized spacial score (nSPS) is 21.2. The van der Waals surface area contributed by atoms with E-state index in [1.165, 1.54) is 0 Å². The van der Waals surface area contributed by atoms with Gasteiger partial charge in [-0.1, -0.05) is 19.1 Å². The Bertz CT molecular complexity index is 1690. The number of benzene rings is 1. The molecule has 0 aliphatic carbocycles. The minimum atomic E-state index is -5.00. The molecule has 3 aromatic rings. The van der Waals surface area contributed by atoms with Crippen LogP contribution in [0.1, 0.15) is 48.8 Å². The van der Waals surface area contributed by atoms with Crippen LogP contribution in [0.2, 0.25) is 0 Å². The van der Waals surface area contributed by atoms with E-state index in [0.717, 1.165) is 28.9 Å². The molecule has 0 bridgehead atoms. The third-order valence-electron chi connectivity index (χ3n) is 8.87. The minimum absolute atomic E-state index is 0. The zero-order chi connectivity index (χ0) is 31.4. The number of likely N-dealkylation sites (tertiary alicyclic amines) is 1. The number of azo groups is 1. The van der Waals surface area contributed by atoms with Crippen LogP contribution in [0.3, 0.4) is 0 Å². The Labute approximate surface area is 269 Å². The number of rotatable bonds is 7. The van der Waals surface area contributed by atoms with Crippen molar-refractivity contribution >= 4 is 11.4 Å². The number of ether oxygens (including phenoxy) is 1. The molecular formula is C30H32F6N6O2W+. The summed E-state index contributed by atoms with van der Waals surface area (Å²) in [6.07, 6.45) is -5.79. The van der Waals surface area contributed by atoms with Gasteiger partial charge >= 0.3 is 23.9 Å². The third kappa shape index (κ3) is 6.55. The molecule has 0 saturated carbocycles. The van der Waals surface area contributed by atoms with Gasteiger partial charge in [0.15, 0.2) is 0 Å². The SMILES string of the molecule is C[C@H]1CCCN(CC(c2cc(C(F)(F)F)c3cn(-c4cccc(C5(CC6=[N+](C)[CH]N=N6)COC5)c4)c(=O)n3c2)C(F)(F)F)C1.[W]. The molecule has 1 aromatic carbocycles. The van der Waals surface area contributed by atoms with Gasteiger partial charge in [0, 0.05) is 46.5 Å². The van der Waals surface area contributed by atoms with E-state index in [1.54, 1.807) is 34.3 Å². The average Bonchev–Trinajstić information content (AvgIpc) is 3.49. The van der Waals surface area contributed by atoms with Crippen molar-refractivity contribution in [1.82, 2.24) is 13.9 Å². The van der Waals surface area contributed by atoms with E-state index in [4.69, 9.17) is 4.74 Å². The fraction of sp³-hybridized carbons (Fsp3) is 0.500. The maximum absolute atomic E-state index is 14.4. The molecule has 2 saturated heterocycles. The van der Waals surface area contributed by atoms with Crippen LogP contribution in [0.4, 0.5) is 26.3 Å². The third-order valence-corrected chi connectivity index (χ3v) is 8.87. The van der Waals surface area contributed by atoms with Crippen LogP contribution in [0, 0.1) is 12.6 Å². The molecule has 15 heteroatoms. The first-order valence-electron chi connectivity index (χ1n) is 14.4. The molecule has 5 heterocycles. The van der Waals surface area contributed by atoms with Gasteiger partial charge in [0.1, 0.15) is 0 Å². The van der Waals surface area contributed by atoms with Gasteiger partial charge < -0.3 is 9.64 Å². The monoisotopic (exact) mass is 806 g/mol. The van der Waals surface area contributed by atoms with E-state index >= 15 is 0 Å². The van der Waals surface area contributed by atoms with Gasteiger partial charge in [-0.05, 0) is 59.7 Å². The average molecular weight is 806 g/mol. The van der Waals surface area contributed by atoms with Crippen molar-refractivity contribution < 1.29 is 56.7 Å². The number of imidazole rings is 1. The summed E-state index contributed by atoms with van der Waals surface area (Å²) in [5, 5.41) is 8.07. The Morgan fingerprint density at radius 3 is 2.49 bits per heavy atom. The number of amidine groups is 1. The summed E-state index contributed by atoms with van der Waals surface area (Å²) in [7, 11) is 1.81. The molecule has 1 unspecified atom stereocenters. The van der Waals surface area contributed by atoms with Gasteiger partial charge in [-0.3, -0.25) is 8.97 Å². The van der Waals surface area contributed by atoms with Crippen molar-refractivity contribution in [3.05, 3.63) is 76.6 Å². The van der Waals surface area contributed by atoms with Gasteiger partial charge in [0.05, 0.1) is 59.9 Å². The second kappa shape index (κ2) is 12.4. The molecule has 8 nitrogen and oxygen atoms in total. The van der Waals surface area contributed by atoms with Crippen molar-refractivity contribution in [2.24, 2.45) is 16.1 Å². The van der Waals surface area contributed by atoms with Crippen molar-refractivity contribution in [2.75, 3.05) is 39.9 Å². The molecule has 2 atom stereocenters. The van der Waals surface area contributed by atoms with Crippen LogP contribution in [-0.4, -0.2) is 70.4 Å². The largest absolute Gasteiger partial charge is 0.418 e. The van der Waals surface area contributed by atoms with Crippen molar-refractivity contribution in [3.8, 4) is 5.69 Å². The van der Waals surface area contributed by atoms with Gasteiger partial charge in [-0.2, -0.15) is 26.3 Å². The first-order valence-corrected chi connectivity index (χ1v) is 14.4. The van der Waals surface area contributed by atoms with Crippen LogP contribution >= 0.6 is 0 Å². The Hall–Kier alpha value is -2.83. The van der Waals surface area contributed by atoms with E-state index in [-0.39, 0.29) is 32.7 Å². The molecule has 6 rings (SSSR count). The number of hydrogen-bond acceptors (Lipinski definition) is 5. The molecule has 0 N–H and O–H groups in total. The summed E-state index contributed by atoms with van der Waals surface area (Å²) >= 11 is 0. The van der Waals surface area contributed by atoms with Crippen LogP contribution in [0.15, 0.2) is 57.7 Å². The molecule has 2 aromatic heterocycles. The van der Waals surface area contributed by atoms with E-state index < -0.39 is 52.6 Å². The maximum atomic E-state index is 14.4. The quantitative estimate of drug-likeness (QED) is 0.225. The number of nitrogens with zero attached hydrogens (tertiary/aromatic N) is 6. The number of alkyl halides is 6. The van der Waals surface area contributed by atoms with Crippen molar-refractivity contribution in [2.45, 2.75) is 49.9 Å². The van der Waals surface area contributed by atoms with Gasteiger partial charge in [-0.25, -0.2) is 9.37 Å². The summed E-state index contributed by atoms with van der Waals surface area (Å²) < 4.78 is 95.3. The molecular weight excluding hydrogens is 774 g/mol. The second-order valence-electron chi connectivity index (χ2n) is 12.2. The Morgan fingerprint density at radius 2 is 1.89 bits per heavy atom. The summed E-state index contributed by atoms with van der Waals surface area (Å²) in [4.78, 5) is 15.3. The smallest absolute Gasteiger partial charge is 0.379 e. The topological polar surface area (TPSA) is 66.6 Å². The molecule has 2 fully saturated rings. The molecule has 1 radical (unpaired) electrons. The van der Waals surface area contributed by atoms with Crippen LogP contribution in [-0.2, 0) is 37.4 Å². The Balaban J connectivity index is 0.00000400. The Kier molecular flexibility index (Phi) is 9.24. The van der Waals surface area contributed by atoms with Crippen molar-refractivity contribution in [1.29, 1.82) is 0 Å². The number of pyridine rings is 1. The summed E-state index contributed by atoms with van der Waals surface area (Å²) in [5.41, 5.74) is -2.74. The Morgan fingerprint density at radius 1 is 1.13 bits per heavy atom. The number of fused-ring (bicyclic) bond motifs is 1. The molecule has 3 aliphatic rings. The molecule has 0 spiro atoms. The summed E-state index contributed by atoms with van der Waals surface area (Å²) in [6, 6.07) is 7.35. The predicted octanol–water partition coefficient (Wildman–Crippen LogP) is 5.77. The van der Waals surface area contributed by atoms with E-state index in [9.17, 15) is 31.1 Å². The van der Waals surface area contributed by atoms with Crippen LogP contribution in [0.25, 0.3) is 11.2 Å². The number of halogens is 6. The first kappa shape index (κ1) is 33.5. The van der Waals surface area contributed by atoms with Crippen LogP contribution < -0.4 is 5.69 Å². The second-order valence-corrected chi connectivity index (χ2v) is 12.2. The number of hydrogen-bond donors (Lipinski definition) is 0. The van der Waals surface area contributed by atoms with E-state index in [2.05, 4.69) is 10.2 Å². The molecule has 45 heavy (non-hydrogen) atoms. The number of aromatic nitrogens is 2. The summed E-state index contributed by atoms with van der Waals surface area (Å²) in [6.45, 7) is 4.63. The first-order chi connectivity index (χ1) is 20.7. The maximum Gasteiger partial charge on any atom is 0.418 e. The van der Waals surface area contributed by atoms with Crippen molar-refractivity contribution in [3.63, 3.8) is 0 Å². The predicted molar refractivity (Wildman–Crippen MR) is 149 cm³/mol. The molecule has 241 valence electrons. The molecule has 3 aliphatic heterocycles. The van der Waals surface area contributed by atoms with Gasteiger partial charge in [-0.15, -0.1) is 0 Å². The van der Waals surface area contributed by atoms with E-state index in [0.29, 0.717) is 55.4 Å². The van der Waals surface area contributed by atoms with Gasteiger partial charge in [0.2, 0.25) is 0 Å². The standard InChI is InChI=1S/C30H32F6N6O2.W/c1-19-5-4-8-40(12-19)14-24(30(34,35)36)20-9-23(29(31,32)33)25-15-41(27(43)42(25)13-20)22-7-3-6-21(10-22)28(16-44-17-28)11-26-38-37-18-39(26)2;/h3,6-7,9-10,13,15,18-19,24H,4-5,8,11-12,14,16-17H2,1-2H3;/q+1;/t19-,24?;/m0./s1.